The lowest BCUT2D eigenvalue weighted by molar-refractivity contribution is 0.284. The minimum atomic E-state index is 0.0661. The van der Waals surface area contributed by atoms with Gasteiger partial charge in [-0.05, 0) is 11.1 Å². The predicted molar refractivity (Wildman–Crippen MR) is 71.7 cm³/mol. The molecule has 0 spiro atoms. The zero-order valence-electron chi connectivity index (χ0n) is 9.66. The maximum Gasteiger partial charge on any atom is 0.0534 e. The molecule has 0 aliphatic heterocycles. The average molecular weight is 224 g/mol. The molecule has 1 unspecified atom stereocenters. The molecule has 0 radical (unpaired) electrons. The number of benzene rings is 2. The molecule has 1 atom stereocenters. The van der Waals surface area contributed by atoms with E-state index in [-0.39, 0.29) is 12.5 Å². The van der Waals surface area contributed by atoms with E-state index in [2.05, 4.69) is 12.1 Å². The van der Waals surface area contributed by atoms with E-state index in [1.807, 2.05) is 60.7 Å². The molecule has 0 heterocycles. The third kappa shape index (κ3) is 3.30. The quantitative estimate of drug-likeness (QED) is 0.843. The van der Waals surface area contributed by atoms with Gasteiger partial charge in [-0.1, -0.05) is 72.8 Å². The summed E-state index contributed by atoms with van der Waals surface area (Å²) in [5.41, 5.74) is 2.30. The molecule has 0 saturated heterocycles. The van der Waals surface area contributed by atoms with E-state index in [1.165, 1.54) is 0 Å². The molecule has 0 aliphatic rings. The van der Waals surface area contributed by atoms with Crippen LogP contribution >= 0.6 is 0 Å². The number of aliphatic hydroxyl groups is 1. The molecule has 0 bridgehead atoms. The van der Waals surface area contributed by atoms with Crippen molar-refractivity contribution in [3.05, 3.63) is 77.9 Å². The van der Waals surface area contributed by atoms with Gasteiger partial charge in [0.05, 0.1) is 6.61 Å². The van der Waals surface area contributed by atoms with E-state index >= 15 is 0 Å². The van der Waals surface area contributed by atoms with Gasteiger partial charge in [0.2, 0.25) is 0 Å². The number of hydrogen-bond donors (Lipinski definition) is 1. The summed E-state index contributed by atoms with van der Waals surface area (Å²) in [6, 6.07) is 20.2. The van der Waals surface area contributed by atoms with Gasteiger partial charge >= 0.3 is 0 Å². The van der Waals surface area contributed by atoms with E-state index < -0.39 is 0 Å². The van der Waals surface area contributed by atoms with Crippen molar-refractivity contribution < 1.29 is 5.11 Å². The van der Waals surface area contributed by atoms with E-state index in [9.17, 15) is 5.11 Å². The minimum Gasteiger partial charge on any atom is -0.395 e. The van der Waals surface area contributed by atoms with Crippen molar-refractivity contribution in [2.45, 2.75) is 5.92 Å². The fourth-order valence-electron chi connectivity index (χ4n) is 1.77. The second-order valence-corrected chi connectivity index (χ2v) is 3.97. The van der Waals surface area contributed by atoms with E-state index in [0.717, 1.165) is 11.1 Å². The Kier molecular flexibility index (Phi) is 4.11. The molecule has 0 aliphatic carbocycles. The molecule has 0 saturated carbocycles. The van der Waals surface area contributed by atoms with Gasteiger partial charge in [-0.25, -0.2) is 0 Å². The Balaban J connectivity index is 2.14. The van der Waals surface area contributed by atoms with Gasteiger partial charge in [0.25, 0.3) is 0 Å². The highest BCUT2D eigenvalue weighted by atomic mass is 16.3. The summed E-state index contributed by atoms with van der Waals surface area (Å²) in [5, 5.41) is 9.41. The van der Waals surface area contributed by atoms with Crippen molar-refractivity contribution in [3.8, 4) is 0 Å². The molecule has 1 N–H and O–H groups in total. The van der Waals surface area contributed by atoms with E-state index in [1.54, 1.807) is 0 Å². The molecule has 1 nitrogen and oxygen atoms in total. The van der Waals surface area contributed by atoms with Crippen LogP contribution in [0, 0.1) is 0 Å². The Morgan fingerprint density at radius 3 is 2.06 bits per heavy atom. The van der Waals surface area contributed by atoms with Gasteiger partial charge in [0, 0.05) is 5.92 Å². The lowest BCUT2D eigenvalue weighted by atomic mass is 9.99. The molecule has 17 heavy (non-hydrogen) atoms. The van der Waals surface area contributed by atoms with Crippen LogP contribution in [-0.2, 0) is 0 Å². The molecule has 86 valence electrons. The standard InChI is InChI=1S/C16H16O/c17-13-16(15-9-5-2-6-10-15)12-11-14-7-3-1-4-8-14/h1-12,16-17H,13H2/b12-11+. The Morgan fingerprint density at radius 1 is 0.882 bits per heavy atom. The summed E-state index contributed by atoms with van der Waals surface area (Å²) in [6.45, 7) is 0.132. The van der Waals surface area contributed by atoms with Crippen LogP contribution in [0.2, 0.25) is 0 Å². The third-order valence-corrected chi connectivity index (χ3v) is 2.74. The highest BCUT2D eigenvalue weighted by Gasteiger charge is 2.04. The number of hydrogen-bond acceptors (Lipinski definition) is 1. The SMILES string of the molecule is OCC(/C=C/c1ccccc1)c1ccccc1. The van der Waals surface area contributed by atoms with Crippen LogP contribution in [-0.4, -0.2) is 11.7 Å². The zero-order valence-corrected chi connectivity index (χ0v) is 9.66. The van der Waals surface area contributed by atoms with Crippen LogP contribution < -0.4 is 0 Å². The van der Waals surface area contributed by atoms with Gasteiger partial charge < -0.3 is 5.11 Å². The summed E-state index contributed by atoms with van der Waals surface area (Å²) in [5.74, 6) is 0.0661. The fraction of sp³-hybridized carbons (Fsp3) is 0.125. The lowest BCUT2D eigenvalue weighted by Crippen LogP contribution is -1.99. The Morgan fingerprint density at radius 2 is 1.47 bits per heavy atom. The number of aliphatic hydroxyl groups excluding tert-OH is 1. The van der Waals surface area contributed by atoms with Gasteiger partial charge in [-0.3, -0.25) is 0 Å². The minimum absolute atomic E-state index is 0.0661. The molecule has 0 amide bonds. The molecule has 0 aromatic heterocycles. The molecule has 2 aromatic carbocycles. The van der Waals surface area contributed by atoms with Gasteiger partial charge in [-0.15, -0.1) is 0 Å². The van der Waals surface area contributed by atoms with Crippen molar-refractivity contribution in [2.75, 3.05) is 6.61 Å². The summed E-state index contributed by atoms with van der Waals surface area (Å²) in [6.07, 6.45) is 4.10. The first-order chi connectivity index (χ1) is 8.40. The first-order valence-corrected chi connectivity index (χ1v) is 5.79. The van der Waals surface area contributed by atoms with Crippen LogP contribution in [0.15, 0.2) is 66.7 Å². The van der Waals surface area contributed by atoms with Gasteiger partial charge in [0.15, 0.2) is 0 Å². The lowest BCUT2D eigenvalue weighted by Gasteiger charge is -2.09. The molecular weight excluding hydrogens is 208 g/mol. The fourth-order valence-corrected chi connectivity index (χ4v) is 1.77. The number of rotatable bonds is 4. The largest absolute Gasteiger partial charge is 0.395 e. The molecule has 0 fully saturated rings. The predicted octanol–water partition coefficient (Wildman–Crippen LogP) is 3.48. The average Bonchev–Trinajstić information content (AvgIpc) is 2.42. The van der Waals surface area contributed by atoms with Gasteiger partial charge in [-0.2, -0.15) is 0 Å². The van der Waals surface area contributed by atoms with Crippen molar-refractivity contribution in [1.29, 1.82) is 0 Å². The van der Waals surface area contributed by atoms with Crippen molar-refractivity contribution in [1.82, 2.24) is 0 Å². The Bertz CT molecular complexity index is 459. The summed E-state index contributed by atoms with van der Waals surface area (Å²) in [7, 11) is 0. The third-order valence-electron chi connectivity index (χ3n) is 2.74. The summed E-state index contributed by atoms with van der Waals surface area (Å²) >= 11 is 0. The zero-order chi connectivity index (χ0) is 11.9. The monoisotopic (exact) mass is 224 g/mol. The first-order valence-electron chi connectivity index (χ1n) is 5.79. The van der Waals surface area contributed by atoms with Crippen molar-refractivity contribution >= 4 is 6.08 Å². The van der Waals surface area contributed by atoms with Crippen LogP contribution in [0.3, 0.4) is 0 Å². The van der Waals surface area contributed by atoms with E-state index in [0.29, 0.717) is 0 Å². The van der Waals surface area contributed by atoms with Crippen LogP contribution in [0.5, 0.6) is 0 Å². The smallest absolute Gasteiger partial charge is 0.0534 e. The normalized spacial score (nSPS) is 12.8. The maximum absolute atomic E-state index is 9.41. The van der Waals surface area contributed by atoms with Crippen molar-refractivity contribution in [3.63, 3.8) is 0 Å². The van der Waals surface area contributed by atoms with Crippen LogP contribution in [0.4, 0.5) is 0 Å². The molecule has 2 aromatic rings. The molecule has 1 heteroatoms. The molecule has 2 rings (SSSR count). The van der Waals surface area contributed by atoms with Crippen LogP contribution in [0.1, 0.15) is 17.0 Å². The highest BCUT2D eigenvalue weighted by Crippen LogP contribution is 2.17. The maximum atomic E-state index is 9.41. The van der Waals surface area contributed by atoms with Gasteiger partial charge in [0.1, 0.15) is 0 Å². The van der Waals surface area contributed by atoms with Crippen LogP contribution in [0.25, 0.3) is 6.08 Å². The molecular formula is C16H16O. The summed E-state index contributed by atoms with van der Waals surface area (Å²) in [4.78, 5) is 0. The highest BCUT2D eigenvalue weighted by molar-refractivity contribution is 5.50. The Labute approximate surface area is 102 Å². The second-order valence-electron chi connectivity index (χ2n) is 3.97. The Hall–Kier alpha value is -1.86. The van der Waals surface area contributed by atoms with Crippen molar-refractivity contribution in [2.24, 2.45) is 0 Å². The second kappa shape index (κ2) is 6.02. The summed E-state index contributed by atoms with van der Waals surface area (Å²) < 4.78 is 0. The first kappa shape index (κ1) is 11.6. The van der Waals surface area contributed by atoms with E-state index in [4.69, 9.17) is 0 Å². The topological polar surface area (TPSA) is 20.2 Å².